The minimum absolute atomic E-state index is 0.0400. The first-order valence-corrected chi connectivity index (χ1v) is 4.05. The first-order valence-electron chi connectivity index (χ1n) is 1.68. The van der Waals surface area contributed by atoms with Gasteiger partial charge in [0.1, 0.15) is 0 Å². The molecule has 0 aromatic heterocycles. The standard InChI is InChI=1S/C2H6INO2S/c3-4-7(6)2-1-5/h5,7H,1-2H2. The molecular weight excluding hydrogens is 229 g/mol. The third-order valence-corrected chi connectivity index (χ3v) is 2.57. The maximum atomic E-state index is 10.2. The van der Waals surface area contributed by atoms with Gasteiger partial charge in [-0.3, -0.25) is 4.21 Å². The molecular formula is C2H6INO2S. The molecule has 0 aliphatic carbocycles. The van der Waals surface area contributed by atoms with Crippen molar-refractivity contribution >= 4 is 33.5 Å². The SMILES string of the molecule is O=[SH](CCO)=NI. The molecule has 0 aliphatic rings. The molecule has 0 heterocycles. The zero-order valence-electron chi connectivity index (χ0n) is 3.54. The van der Waals surface area contributed by atoms with Gasteiger partial charge in [-0.1, -0.05) is 0 Å². The number of nitrogens with zero attached hydrogens (tertiary/aromatic N) is 1. The van der Waals surface area contributed by atoms with Crippen LogP contribution in [0.5, 0.6) is 0 Å². The Balaban J connectivity index is 3.39. The van der Waals surface area contributed by atoms with Crippen LogP contribution in [0.1, 0.15) is 0 Å². The molecule has 3 nitrogen and oxygen atoms in total. The van der Waals surface area contributed by atoms with Crippen LogP contribution in [0.25, 0.3) is 0 Å². The fourth-order valence-corrected chi connectivity index (χ4v) is 1.02. The Morgan fingerprint density at radius 2 is 2.43 bits per heavy atom. The highest BCUT2D eigenvalue weighted by Gasteiger charge is 1.77. The van der Waals surface area contributed by atoms with Crippen LogP contribution in [0.2, 0.25) is 0 Å². The molecule has 1 unspecified atom stereocenters. The highest BCUT2D eigenvalue weighted by Crippen LogP contribution is 1.83. The van der Waals surface area contributed by atoms with Crippen LogP contribution < -0.4 is 0 Å². The van der Waals surface area contributed by atoms with Crippen LogP contribution in [0, 0.1) is 0 Å². The van der Waals surface area contributed by atoms with E-state index in [9.17, 15) is 4.21 Å². The smallest absolute Gasteiger partial charge is 0.0949 e. The van der Waals surface area contributed by atoms with Gasteiger partial charge in [0.2, 0.25) is 0 Å². The van der Waals surface area contributed by atoms with Crippen molar-refractivity contribution in [3.8, 4) is 0 Å². The van der Waals surface area contributed by atoms with Gasteiger partial charge in [-0.15, -0.1) is 0 Å². The number of hydrogen-bond acceptors (Lipinski definition) is 3. The molecule has 1 atom stereocenters. The van der Waals surface area contributed by atoms with Crippen molar-refractivity contribution in [2.45, 2.75) is 0 Å². The van der Waals surface area contributed by atoms with E-state index in [2.05, 4.69) is 2.58 Å². The zero-order valence-corrected chi connectivity index (χ0v) is 6.59. The molecule has 0 fully saturated rings. The van der Waals surface area contributed by atoms with Crippen LogP contribution >= 0.6 is 22.9 Å². The molecule has 0 aliphatic heterocycles. The van der Waals surface area contributed by atoms with Crippen LogP contribution in [-0.2, 0) is 10.6 Å². The second-order valence-electron chi connectivity index (χ2n) is 0.875. The summed E-state index contributed by atoms with van der Waals surface area (Å²) in [7, 11) is -1.47. The Hall–Kier alpha value is 0.640. The molecule has 0 amide bonds. The summed E-state index contributed by atoms with van der Waals surface area (Å²) in [6.45, 7) is -0.0400. The predicted octanol–water partition coefficient (Wildman–Crippen LogP) is -0.00670. The van der Waals surface area contributed by atoms with Crippen molar-refractivity contribution in [3.05, 3.63) is 0 Å². The molecule has 1 N–H and O–H groups in total. The van der Waals surface area contributed by atoms with Gasteiger partial charge >= 0.3 is 0 Å². The summed E-state index contributed by atoms with van der Waals surface area (Å²) in [6, 6.07) is 0. The highest BCUT2D eigenvalue weighted by molar-refractivity contribution is 14.1. The molecule has 0 spiro atoms. The minimum Gasteiger partial charge on any atom is -0.395 e. The lowest BCUT2D eigenvalue weighted by atomic mass is 10.9. The molecule has 0 bridgehead atoms. The third kappa shape index (κ3) is 4.49. The number of aliphatic hydroxyl groups is 1. The summed E-state index contributed by atoms with van der Waals surface area (Å²) in [5.41, 5.74) is 0. The lowest BCUT2D eigenvalue weighted by Gasteiger charge is -1.79. The second kappa shape index (κ2) is 4.79. The van der Waals surface area contributed by atoms with Crippen molar-refractivity contribution in [1.82, 2.24) is 0 Å². The normalized spacial score (nSPS) is 14.6. The first kappa shape index (κ1) is 7.64. The lowest BCUT2D eigenvalue weighted by molar-refractivity contribution is 0.321. The Kier molecular flexibility index (Phi) is 5.23. The minimum atomic E-state index is -1.47. The third-order valence-electron chi connectivity index (χ3n) is 0.376. The molecule has 0 aromatic carbocycles. The topological polar surface area (TPSA) is 49.7 Å². The predicted molar refractivity (Wildman–Crippen MR) is 37.9 cm³/mol. The van der Waals surface area contributed by atoms with Crippen molar-refractivity contribution < 1.29 is 9.32 Å². The summed E-state index contributed by atoms with van der Waals surface area (Å²) < 4.78 is 13.6. The molecule has 0 rings (SSSR count). The van der Waals surface area contributed by atoms with Crippen LogP contribution in [-0.4, -0.2) is 21.7 Å². The lowest BCUT2D eigenvalue weighted by Crippen LogP contribution is -1.90. The Bertz CT molecular complexity index is 108. The van der Waals surface area contributed by atoms with Gasteiger partial charge < -0.3 is 5.11 Å². The van der Waals surface area contributed by atoms with Crippen LogP contribution in [0.15, 0.2) is 2.58 Å². The van der Waals surface area contributed by atoms with Gasteiger partial charge in [-0.25, -0.2) is 0 Å². The number of aliphatic hydroxyl groups excluding tert-OH is 1. The van der Waals surface area contributed by atoms with Crippen LogP contribution in [0.3, 0.4) is 0 Å². The second-order valence-corrected chi connectivity index (χ2v) is 3.47. The summed E-state index contributed by atoms with van der Waals surface area (Å²) in [6.07, 6.45) is 0. The zero-order chi connectivity index (χ0) is 5.70. The van der Waals surface area contributed by atoms with Gasteiger partial charge in [-0.05, 0) is 0 Å². The molecule has 7 heavy (non-hydrogen) atoms. The van der Waals surface area contributed by atoms with Crippen molar-refractivity contribution in [2.24, 2.45) is 2.58 Å². The number of halogens is 1. The monoisotopic (exact) mass is 235 g/mol. The van der Waals surface area contributed by atoms with E-state index in [1.165, 1.54) is 0 Å². The number of hydrogen-bond donors (Lipinski definition) is 2. The van der Waals surface area contributed by atoms with Crippen molar-refractivity contribution in [1.29, 1.82) is 0 Å². The first-order chi connectivity index (χ1) is 3.31. The summed E-state index contributed by atoms with van der Waals surface area (Å²) >= 11 is 1.67. The van der Waals surface area contributed by atoms with E-state index in [1.54, 1.807) is 22.9 Å². The van der Waals surface area contributed by atoms with E-state index in [0.717, 1.165) is 0 Å². The van der Waals surface area contributed by atoms with Crippen molar-refractivity contribution in [2.75, 3.05) is 12.4 Å². The average molecular weight is 235 g/mol. The van der Waals surface area contributed by atoms with E-state index in [1.807, 2.05) is 0 Å². The maximum Gasteiger partial charge on any atom is 0.0949 e. The molecule has 5 heteroatoms. The Morgan fingerprint density at radius 3 is 2.57 bits per heavy atom. The molecule has 44 valence electrons. The van der Waals surface area contributed by atoms with Crippen LogP contribution in [0.4, 0.5) is 0 Å². The van der Waals surface area contributed by atoms with Gasteiger partial charge in [0.15, 0.2) is 0 Å². The fraction of sp³-hybridized carbons (Fsp3) is 1.00. The molecule has 0 radical (unpaired) electrons. The highest BCUT2D eigenvalue weighted by atomic mass is 127. The molecule has 0 saturated carbocycles. The summed E-state index contributed by atoms with van der Waals surface area (Å²) in [5, 5.41) is 8.12. The van der Waals surface area contributed by atoms with E-state index in [4.69, 9.17) is 5.11 Å². The van der Waals surface area contributed by atoms with Gasteiger partial charge in [-0.2, -0.15) is 2.58 Å². The average Bonchev–Trinajstić information content (AvgIpc) is 1.68. The molecule has 0 aromatic rings. The van der Waals surface area contributed by atoms with E-state index >= 15 is 0 Å². The maximum absolute atomic E-state index is 10.2. The molecule has 0 saturated heterocycles. The summed E-state index contributed by atoms with van der Waals surface area (Å²) in [5.74, 6) is 0.290. The summed E-state index contributed by atoms with van der Waals surface area (Å²) in [4.78, 5) is 0. The van der Waals surface area contributed by atoms with Gasteiger partial charge in [0, 0.05) is 10.6 Å². The van der Waals surface area contributed by atoms with Gasteiger partial charge in [0.05, 0.1) is 35.2 Å². The van der Waals surface area contributed by atoms with Crippen molar-refractivity contribution in [3.63, 3.8) is 0 Å². The number of rotatable bonds is 2. The Labute approximate surface area is 57.8 Å². The van der Waals surface area contributed by atoms with Gasteiger partial charge in [0.25, 0.3) is 0 Å². The number of thiol groups is 1. The largest absolute Gasteiger partial charge is 0.395 e. The fourth-order valence-electron chi connectivity index (χ4n) is 0.123. The van der Waals surface area contributed by atoms with E-state index < -0.39 is 10.6 Å². The Morgan fingerprint density at radius 1 is 1.86 bits per heavy atom. The van der Waals surface area contributed by atoms with E-state index in [-0.39, 0.29) is 12.4 Å². The van der Waals surface area contributed by atoms with E-state index in [0.29, 0.717) is 0 Å². The quantitative estimate of drug-likeness (QED) is 0.522.